The van der Waals surface area contributed by atoms with Gasteiger partial charge in [0.25, 0.3) is 0 Å². The Bertz CT molecular complexity index is 261. The summed E-state index contributed by atoms with van der Waals surface area (Å²) in [6.07, 6.45) is 11.0. The third kappa shape index (κ3) is 3.98. The van der Waals surface area contributed by atoms with Crippen LogP contribution >= 0.6 is 0 Å². The molecule has 2 fully saturated rings. The van der Waals surface area contributed by atoms with Gasteiger partial charge in [-0.1, -0.05) is 25.7 Å². The molecule has 0 aromatic heterocycles. The van der Waals surface area contributed by atoms with Crippen LogP contribution in [0.15, 0.2) is 0 Å². The highest BCUT2D eigenvalue weighted by atomic mass is 16.1. The van der Waals surface area contributed by atoms with E-state index in [1.165, 1.54) is 51.4 Å². The van der Waals surface area contributed by atoms with Gasteiger partial charge in [-0.2, -0.15) is 0 Å². The molecular weight excluding hydrogens is 224 g/mol. The van der Waals surface area contributed by atoms with Gasteiger partial charge in [0.15, 0.2) is 0 Å². The molecule has 104 valence electrons. The van der Waals surface area contributed by atoms with Crippen LogP contribution in [0.25, 0.3) is 0 Å². The highest BCUT2D eigenvalue weighted by molar-refractivity contribution is 5.76. The average molecular weight is 252 g/mol. The standard InChI is InChI=1S/C15H28N2O/c16-10-13-7-4-8-14(13)11-17-15(18)9-12-5-2-1-3-6-12/h12-14H,1-11,16H2,(H,17,18). The molecule has 0 aromatic rings. The zero-order chi connectivity index (χ0) is 12.8. The Morgan fingerprint density at radius 2 is 1.72 bits per heavy atom. The molecular formula is C15H28N2O. The third-order valence-electron chi connectivity index (χ3n) is 4.88. The minimum absolute atomic E-state index is 0.268. The van der Waals surface area contributed by atoms with Crippen molar-refractivity contribution in [1.82, 2.24) is 5.32 Å². The molecule has 1 amide bonds. The number of carbonyl (C=O) groups excluding carboxylic acids is 1. The van der Waals surface area contributed by atoms with Gasteiger partial charge in [0.05, 0.1) is 0 Å². The normalized spacial score (nSPS) is 29.4. The lowest BCUT2D eigenvalue weighted by molar-refractivity contribution is -0.122. The van der Waals surface area contributed by atoms with Crippen molar-refractivity contribution in [1.29, 1.82) is 0 Å². The molecule has 2 aliphatic rings. The van der Waals surface area contributed by atoms with Gasteiger partial charge in [-0.05, 0) is 50.0 Å². The minimum Gasteiger partial charge on any atom is -0.356 e. The van der Waals surface area contributed by atoms with Gasteiger partial charge >= 0.3 is 0 Å². The summed E-state index contributed by atoms with van der Waals surface area (Å²) in [5.41, 5.74) is 5.77. The number of amides is 1. The Morgan fingerprint density at radius 3 is 2.44 bits per heavy atom. The van der Waals surface area contributed by atoms with Gasteiger partial charge < -0.3 is 11.1 Å². The summed E-state index contributed by atoms with van der Waals surface area (Å²) in [4.78, 5) is 11.9. The van der Waals surface area contributed by atoms with E-state index in [9.17, 15) is 4.79 Å². The van der Waals surface area contributed by atoms with Gasteiger partial charge in [-0.15, -0.1) is 0 Å². The van der Waals surface area contributed by atoms with E-state index in [1.807, 2.05) is 0 Å². The summed E-state index contributed by atoms with van der Waals surface area (Å²) in [6, 6.07) is 0. The number of rotatable bonds is 5. The number of nitrogens with one attached hydrogen (secondary N) is 1. The minimum atomic E-state index is 0.268. The number of hydrogen-bond acceptors (Lipinski definition) is 2. The molecule has 0 saturated heterocycles. The zero-order valence-electron chi connectivity index (χ0n) is 11.5. The van der Waals surface area contributed by atoms with E-state index in [1.54, 1.807) is 0 Å². The number of carbonyl (C=O) groups is 1. The summed E-state index contributed by atoms with van der Waals surface area (Å²) in [5, 5.41) is 3.14. The maximum atomic E-state index is 11.9. The average Bonchev–Trinajstić information content (AvgIpc) is 2.85. The van der Waals surface area contributed by atoms with Crippen molar-refractivity contribution in [2.75, 3.05) is 13.1 Å². The van der Waals surface area contributed by atoms with Crippen molar-refractivity contribution in [2.24, 2.45) is 23.5 Å². The fraction of sp³-hybridized carbons (Fsp3) is 0.933. The maximum absolute atomic E-state index is 11.9. The summed E-state index contributed by atoms with van der Waals surface area (Å²) >= 11 is 0. The second-order valence-electron chi connectivity index (χ2n) is 6.20. The predicted molar refractivity (Wildman–Crippen MR) is 74.1 cm³/mol. The van der Waals surface area contributed by atoms with Crippen LogP contribution in [-0.4, -0.2) is 19.0 Å². The van der Waals surface area contributed by atoms with Crippen molar-refractivity contribution in [3.05, 3.63) is 0 Å². The smallest absolute Gasteiger partial charge is 0.220 e. The molecule has 0 bridgehead atoms. The molecule has 0 spiro atoms. The van der Waals surface area contributed by atoms with E-state index in [4.69, 9.17) is 5.73 Å². The van der Waals surface area contributed by atoms with Crippen LogP contribution in [-0.2, 0) is 4.79 Å². The van der Waals surface area contributed by atoms with Gasteiger partial charge in [-0.3, -0.25) is 4.79 Å². The van der Waals surface area contributed by atoms with Crippen LogP contribution in [0.1, 0.15) is 57.8 Å². The van der Waals surface area contributed by atoms with Crippen LogP contribution in [0.4, 0.5) is 0 Å². The van der Waals surface area contributed by atoms with Crippen molar-refractivity contribution in [2.45, 2.75) is 57.8 Å². The van der Waals surface area contributed by atoms with Crippen molar-refractivity contribution in [3.8, 4) is 0 Å². The predicted octanol–water partition coefficient (Wildman–Crippen LogP) is 2.45. The number of nitrogens with two attached hydrogens (primary N) is 1. The van der Waals surface area contributed by atoms with Crippen molar-refractivity contribution >= 4 is 5.91 Å². The first kappa shape index (κ1) is 13.9. The van der Waals surface area contributed by atoms with Crippen LogP contribution in [0.3, 0.4) is 0 Å². The number of hydrogen-bond donors (Lipinski definition) is 2. The molecule has 3 nitrogen and oxygen atoms in total. The Labute approximate surface area is 111 Å². The topological polar surface area (TPSA) is 55.1 Å². The van der Waals surface area contributed by atoms with Crippen molar-refractivity contribution in [3.63, 3.8) is 0 Å². The second-order valence-corrected chi connectivity index (χ2v) is 6.20. The lowest BCUT2D eigenvalue weighted by Gasteiger charge is -2.22. The molecule has 0 aromatic carbocycles. The molecule has 2 aliphatic carbocycles. The Kier molecular flexibility index (Phi) is 5.48. The Morgan fingerprint density at radius 1 is 1.00 bits per heavy atom. The summed E-state index contributed by atoms with van der Waals surface area (Å²) in [6.45, 7) is 1.64. The molecule has 0 aliphatic heterocycles. The van der Waals surface area contributed by atoms with E-state index < -0.39 is 0 Å². The molecule has 18 heavy (non-hydrogen) atoms. The molecule has 2 rings (SSSR count). The van der Waals surface area contributed by atoms with Crippen LogP contribution in [0.2, 0.25) is 0 Å². The van der Waals surface area contributed by atoms with Gasteiger partial charge in [0.2, 0.25) is 5.91 Å². The third-order valence-corrected chi connectivity index (χ3v) is 4.88. The lowest BCUT2D eigenvalue weighted by Crippen LogP contribution is -2.33. The van der Waals surface area contributed by atoms with E-state index >= 15 is 0 Å². The fourth-order valence-electron chi connectivity index (χ4n) is 3.66. The summed E-state index contributed by atoms with van der Waals surface area (Å²) < 4.78 is 0. The largest absolute Gasteiger partial charge is 0.356 e. The fourth-order valence-corrected chi connectivity index (χ4v) is 3.66. The maximum Gasteiger partial charge on any atom is 0.220 e. The molecule has 2 saturated carbocycles. The summed E-state index contributed by atoms with van der Waals surface area (Å²) in [7, 11) is 0. The van der Waals surface area contributed by atoms with E-state index in [0.29, 0.717) is 17.8 Å². The van der Waals surface area contributed by atoms with Crippen LogP contribution < -0.4 is 11.1 Å². The van der Waals surface area contributed by atoms with E-state index in [2.05, 4.69) is 5.32 Å². The molecule has 0 heterocycles. The highest BCUT2D eigenvalue weighted by Crippen LogP contribution is 2.30. The quantitative estimate of drug-likeness (QED) is 0.789. The second kappa shape index (κ2) is 7.13. The lowest BCUT2D eigenvalue weighted by atomic mass is 9.87. The van der Waals surface area contributed by atoms with E-state index in [-0.39, 0.29) is 5.91 Å². The molecule has 2 atom stereocenters. The van der Waals surface area contributed by atoms with Crippen LogP contribution in [0, 0.1) is 17.8 Å². The summed E-state index contributed by atoms with van der Waals surface area (Å²) in [5.74, 6) is 2.18. The van der Waals surface area contributed by atoms with Gasteiger partial charge in [-0.25, -0.2) is 0 Å². The molecule has 2 unspecified atom stereocenters. The van der Waals surface area contributed by atoms with E-state index in [0.717, 1.165) is 19.5 Å². The first-order valence-corrected chi connectivity index (χ1v) is 7.76. The molecule has 0 radical (unpaired) electrons. The molecule has 3 N–H and O–H groups in total. The van der Waals surface area contributed by atoms with Gasteiger partial charge in [0, 0.05) is 13.0 Å². The Hall–Kier alpha value is -0.570. The monoisotopic (exact) mass is 252 g/mol. The molecule has 3 heteroatoms. The van der Waals surface area contributed by atoms with Crippen LogP contribution in [0.5, 0.6) is 0 Å². The van der Waals surface area contributed by atoms with Crippen molar-refractivity contribution < 1.29 is 4.79 Å². The highest BCUT2D eigenvalue weighted by Gasteiger charge is 2.26. The first-order chi connectivity index (χ1) is 8.79. The van der Waals surface area contributed by atoms with Gasteiger partial charge in [0.1, 0.15) is 0 Å². The SMILES string of the molecule is NCC1CCCC1CNC(=O)CC1CCCCC1. The Balaban J connectivity index is 1.64. The zero-order valence-corrected chi connectivity index (χ0v) is 11.5. The first-order valence-electron chi connectivity index (χ1n) is 7.76.